The number of benzene rings is 2. The molecule has 0 spiro atoms. The quantitative estimate of drug-likeness (QED) is 0.854. The van der Waals surface area contributed by atoms with Crippen molar-refractivity contribution in [1.82, 2.24) is 4.90 Å². The largest absolute Gasteiger partial charge is 0.324 e. The van der Waals surface area contributed by atoms with Gasteiger partial charge in [-0.2, -0.15) is 0 Å². The second-order valence-electron chi connectivity index (χ2n) is 5.61. The predicted molar refractivity (Wildman–Crippen MR) is 102 cm³/mol. The zero-order valence-corrected chi connectivity index (χ0v) is 15.4. The van der Waals surface area contributed by atoms with Crippen molar-refractivity contribution in [3.63, 3.8) is 0 Å². The lowest BCUT2D eigenvalue weighted by Gasteiger charge is -2.09. The van der Waals surface area contributed by atoms with Gasteiger partial charge in [0.05, 0.1) is 11.4 Å². The molecular formula is C18H15ClFN3O2S. The Hall–Kier alpha value is -2.38. The molecule has 1 atom stereocenters. The Labute approximate surface area is 159 Å². The molecule has 134 valence electrons. The van der Waals surface area contributed by atoms with Crippen LogP contribution in [0.4, 0.5) is 15.8 Å². The molecule has 1 aliphatic rings. The third-order valence-electron chi connectivity index (χ3n) is 3.69. The summed E-state index contributed by atoms with van der Waals surface area (Å²) in [5, 5.41) is 2.92. The van der Waals surface area contributed by atoms with E-state index in [0.29, 0.717) is 15.9 Å². The lowest BCUT2D eigenvalue weighted by molar-refractivity contribution is -0.127. The average Bonchev–Trinajstić information content (AvgIpc) is 2.85. The normalized spacial score (nSPS) is 18.4. The van der Waals surface area contributed by atoms with Crippen LogP contribution >= 0.6 is 23.4 Å². The van der Waals surface area contributed by atoms with Crippen LogP contribution in [0.1, 0.15) is 6.42 Å². The molecule has 1 fully saturated rings. The van der Waals surface area contributed by atoms with Crippen LogP contribution in [0.3, 0.4) is 0 Å². The molecule has 8 heteroatoms. The number of rotatable bonds is 4. The van der Waals surface area contributed by atoms with E-state index in [1.165, 1.54) is 34.9 Å². The number of hydrogen-bond donors (Lipinski definition) is 1. The van der Waals surface area contributed by atoms with Gasteiger partial charge in [0.25, 0.3) is 0 Å². The van der Waals surface area contributed by atoms with Gasteiger partial charge in [-0.15, -0.1) is 0 Å². The molecule has 2 amide bonds. The SMILES string of the molecule is CN1C(=O)[C@H](CC(=O)Nc2ccccc2F)SC1=Nc1cccc(Cl)c1. The van der Waals surface area contributed by atoms with Crippen molar-refractivity contribution in [3.8, 4) is 0 Å². The number of nitrogens with one attached hydrogen (secondary N) is 1. The molecule has 1 saturated heterocycles. The number of carbonyl (C=O) groups excluding carboxylic acids is 2. The Morgan fingerprint density at radius 2 is 2.08 bits per heavy atom. The molecule has 26 heavy (non-hydrogen) atoms. The van der Waals surface area contributed by atoms with Crippen molar-refractivity contribution in [2.75, 3.05) is 12.4 Å². The Balaban J connectivity index is 1.69. The van der Waals surface area contributed by atoms with E-state index in [1.54, 1.807) is 37.4 Å². The first kappa shape index (κ1) is 18.4. The van der Waals surface area contributed by atoms with Gasteiger partial charge in [-0.3, -0.25) is 14.5 Å². The van der Waals surface area contributed by atoms with Crippen LogP contribution in [0, 0.1) is 5.82 Å². The summed E-state index contributed by atoms with van der Waals surface area (Å²) in [6.45, 7) is 0. The standard InChI is InChI=1S/C18H15ClFN3O2S/c1-23-17(25)15(10-16(24)22-14-8-3-2-7-13(14)20)26-18(23)21-12-6-4-5-11(19)9-12/h2-9,15H,10H2,1H3,(H,22,24)/t15-/m0/s1. The molecule has 0 unspecified atom stereocenters. The predicted octanol–water partition coefficient (Wildman–Crippen LogP) is 4.07. The van der Waals surface area contributed by atoms with Gasteiger partial charge in [-0.25, -0.2) is 9.38 Å². The van der Waals surface area contributed by atoms with Gasteiger partial charge in [0.2, 0.25) is 11.8 Å². The smallest absolute Gasteiger partial charge is 0.242 e. The minimum absolute atomic E-state index is 0.0727. The zero-order chi connectivity index (χ0) is 18.7. The minimum Gasteiger partial charge on any atom is -0.324 e. The highest BCUT2D eigenvalue weighted by Gasteiger charge is 2.37. The fraction of sp³-hybridized carbons (Fsp3) is 0.167. The first-order valence-electron chi connectivity index (χ1n) is 7.77. The summed E-state index contributed by atoms with van der Waals surface area (Å²) >= 11 is 7.14. The number of para-hydroxylation sites is 1. The number of halogens is 2. The Morgan fingerprint density at radius 1 is 1.31 bits per heavy atom. The second kappa shape index (κ2) is 7.88. The monoisotopic (exact) mass is 391 g/mol. The maximum Gasteiger partial charge on any atom is 0.242 e. The Morgan fingerprint density at radius 3 is 2.81 bits per heavy atom. The van der Waals surface area contributed by atoms with Crippen molar-refractivity contribution in [3.05, 3.63) is 59.4 Å². The van der Waals surface area contributed by atoms with Crippen LogP contribution in [0.15, 0.2) is 53.5 Å². The van der Waals surface area contributed by atoms with Gasteiger partial charge < -0.3 is 5.32 Å². The maximum atomic E-state index is 13.6. The molecule has 1 aliphatic heterocycles. The van der Waals surface area contributed by atoms with Crippen LogP contribution in [0.25, 0.3) is 0 Å². The van der Waals surface area contributed by atoms with Crippen molar-refractivity contribution < 1.29 is 14.0 Å². The number of amides is 2. The van der Waals surface area contributed by atoms with Crippen molar-refractivity contribution in [2.24, 2.45) is 4.99 Å². The summed E-state index contributed by atoms with van der Waals surface area (Å²) in [5.41, 5.74) is 0.713. The maximum absolute atomic E-state index is 13.6. The van der Waals surface area contributed by atoms with E-state index in [4.69, 9.17) is 11.6 Å². The summed E-state index contributed by atoms with van der Waals surface area (Å²) in [5.74, 6) is -1.18. The number of hydrogen-bond acceptors (Lipinski definition) is 4. The molecule has 1 heterocycles. The number of carbonyl (C=O) groups is 2. The Kier molecular flexibility index (Phi) is 5.58. The lowest BCUT2D eigenvalue weighted by Crippen LogP contribution is -2.30. The van der Waals surface area contributed by atoms with E-state index in [2.05, 4.69) is 10.3 Å². The highest BCUT2D eigenvalue weighted by atomic mass is 35.5. The molecule has 0 bridgehead atoms. The van der Waals surface area contributed by atoms with Gasteiger partial charge in [0.1, 0.15) is 11.1 Å². The second-order valence-corrected chi connectivity index (χ2v) is 7.22. The number of nitrogens with zero attached hydrogens (tertiary/aromatic N) is 2. The van der Waals surface area contributed by atoms with Crippen LogP contribution in [0.2, 0.25) is 5.02 Å². The van der Waals surface area contributed by atoms with Crippen LogP contribution in [0.5, 0.6) is 0 Å². The number of amidine groups is 1. The molecule has 0 saturated carbocycles. The summed E-state index contributed by atoms with van der Waals surface area (Å²) in [6.07, 6.45) is -0.0727. The van der Waals surface area contributed by atoms with E-state index >= 15 is 0 Å². The highest BCUT2D eigenvalue weighted by molar-refractivity contribution is 8.15. The molecular weight excluding hydrogens is 377 g/mol. The van der Waals surface area contributed by atoms with E-state index < -0.39 is 17.0 Å². The summed E-state index contributed by atoms with van der Waals surface area (Å²) in [6, 6.07) is 12.8. The molecule has 2 aromatic carbocycles. The first-order chi connectivity index (χ1) is 12.4. The van der Waals surface area contributed by atoms with E-state index in [0.717, 1.165) is 0 Å². The van der Waals surface area contributed by atoms with Gasteiger partial charge in [-0.1, -0.05) is 41.6 Å². The molecule has 1 N–H and O–H groups in total. The van der Waals surface area contributed by atoms with Gasteiger partial charge in [0.15, 0.2) is 5.17 Å². The first-order valence-corrected chi connectivity index (χ1v) is 9.02. The number of thioether (sulfide) groups is 1. The zero-order valence-electron chi connectivity index (χ0n) is 13.8. The van der Waals surface area contributed by atoms with Crippen molar-refractivity contribution in [1.29, 1.82) is 0 Å². The van der Waals surface area contributed by atoms with E-state index in [1.807, 2.05) is 0 Å². The molecule has 0 aliphatic carbocycles. The van der Waals surface area contributed by atoms with Gasteiger partial charge in [-0.05, 0) is 30.3 Å². The molecule has 0 radical (unpaired) electrons. The molecule has 5 nitrogen and oxygen atoms in total. The third kappa shape index (κ3) is 4.23. The highest BCUT2D eigenvalue weighted by Crippen LogP contribution is 2.31. The number of aliphatic imine (C=N–C) groups is 1. The summed E-state index contributed by atoms with van der Waals surface area (Å²) < 4.78 is 13.6. The van der Waals surface area contributed by atoms with Gasteiger partial charge in [0, 0.05) is 18.5 Å². The fourth-order valence-electron chi connectivity index (χ4n) is 2.39. The van der Waals surface area contributed by atoms with Gasteiger partial charge >= 0.3 is 0 Å². The molecule has 3 rings (SSSR count). The topological polar surface area (TPSA) is 61.8 Å². The average molecular weight is 392 g/mol. The van der Waals surface area contributed by atoms with Crippen LogP contribution in [-0.4, -0.2) is 34.2 Å². The summed E-state index contributed by atoms with van der Waals surface area (Å²) in [7, 11) is 1.60. The fourth-order valence-corrected chi connectivity index (χ4v) is 3.72. The molecule has 0 aromatic heterocycles. The van der Waals surface area contributed by atoms with Crippen LogP contribution in [-0.2, 0) is 9.59 Å². The third-order valence-corrected chi connectivity index (χ3v) is 5.16. The van der Waals surface area contributed by atoms with Crippen molar-refractivity contribution in [2.45, 2.75) is 11.7 Å². The number of anilines is 1. The van der Waals surface area contributed by atoms with E-state index in [-0.39, 0.29) is 18.0 Å². The molecule has 2 aromatic rings. The van der Waals surface area contributed by atoms with Crippen LogP contribution < -0.4 is 5.32 Å². The minimum atomic E-state index is -0.607. The summed E-state index contributed by atoms with van der Waals surface area (Å²) in [4.78, 5) is 30.4. The van der Waals surface area contributed by atoms with Crippen molar-refractivity contribution >= 4 is 51.7 Å². The van der Waals surface area contributed by atoms with E-state index in [9.17, 15) is 14.0 Å². The Bertz CT molecular complexity index is 890. The lowest BCUT2D eigenvalue weighted by atomic mass is 10.2.